The fraction of sp³-hybridized carbons (Fsp3) is 0.235. The van der Waals surface area contributed by atoms with Gasteiger partial charge in [-0.1, -0.05) is 60.7 Å². The number of rotatable bonds is 5. The topological polar surface area (TPSA) is 46.3 Å². The highest BCUT2D eigenvalue weighted by Gasteiger charge is 2.15. The molecule has 20 heavy (non-hydrogen) atoms. The van der Waals surface area contributed by atoms with Crippen molar-refractivity contribution in [1.29, 1.82) is 0 Å². The summed E-state index contributed by atoms with van der Waals surface area (Å²) in [6, 6.07) is 20.3. The van der Waals surface area contributed by atoms with E-state index in [2.05, 4.69) is 24.3 Å². The Kier molecular flexibility index (Phi) is 4.77. The predicted octanol–water partition coefficient (Wildman–Crippen LogP) is 3.22. The molecule has 0 aromatic heterocycles. The van der Waals surface area contributed by atoms with Gasteiger partial charge in [0.1, 0.15) is 0 Å². The van der Waals surface area contributed by atoms with Crippen LogP contribution >= 0.6 is 0 Å². The molecule has 0 saturated carbocycles. The van der Waals surface area contributed by atoms with Gasteiger partial charge in [-0.15, -0.1) is 0 Å². The van der Waals surface area contributed by atoms with Crippen molar-refractivity contribution >= 4 is 6.03 Å². The third kappa shape index (κ3) is 3.60. The molecular formula is C17H20N2O. The van der Waals surface area contributed by atoms with Gasteiger partial charge in [-0.3, -0.25) is 0 Å². The molecule has 3 nitrogen and oxygen atoms in total. The number of nitrogens with zero attached hydrogens (tertiary/aromatic N) is 1. The van der Waals surface area contributed by atoms with E-state index in [0.717, 1.165) is 6.42 Å². The SMILES string of the molecule is CN(CCC(c1ccccc1)c1ccccc1)C(N)=O. The Morgan fingerprint density at radius 2 is 1.45 bits per heavy atom. The quantitative estimate of drug-likeness (QED) is 0.889. The zero-order valence-corrected chi connectivity index (χ0v) is 11.7. The fourth-order valence-corrected chi connectivity index (χ4v) is 2.33. The van der Waals surface area contributed by atoms with E-state index in [1.54, 1.807) is 11.9 Å². The minimum absolute atomic E-state index is 0.277. The molecule has 0 fully saturated rings. The fourth-order valence-electron chi connectivity index (χ4n) is 2.33. The lowest BCUT2D eigenvalue weighted by Gasteiger charge is -2.21. The van der Waals surface area contributed by atoms with E-state index in [4.69, 9.17) is 5.73 Å². The van der Waals surface area contributed by atoms with E-state index in [0.29, 0.717) is 6.54 Å². The highest BCUT2D eigenvalue weighted by molar-refractivity contribution is 5.71. The summed E-state index contributed by atoms with van der Waals surface area (Å²) in [4.78, 5) is 12.7. The third-order valence-corrected chi connectivity index (χ3v) is 3.53. The van der Waals surface area contributed by atoms with Gasteiger partial charge in [0.05, 0.1) is 0 Å². The second kappa shape index (κ2) is 6.75. The van der Waals surface area contributed by atoms with Crippen LogP contribution in [-0.2, 0) is 0 Å². The van der Waals surface area contributed by atoms with E-state index in [9.17, 15) is 4.79 Å². The van der Waals surface area contributed by atoms with Crippen LogP contribution in [0.1, 0.15) is 23.5 Å². The van der Waals surface area contributed by atoms with Gasteiger partial charge in [-0.05, 0) is 17.5 Å². The first-order valence-electron chi connectivity index (χ1n) is 6.79. The van der Waals surface area contributed by atoms with Crippen molar-refractivity contribution in [1.82, 2.24) is 4.90 Å². The van der Waals surface area contributed by atoms with E-state index in [1.807, 2.05) is 36.4 Å². The summed E-state index contributed by atoms with van der Waals surface area (Å²) in [6.07, 6.45) is 0.855. The Balaban J connectivity index is 2.19. The summed E-state index contributed by atoms with van der Waals surface area (Å²) in [5.74, 6) is 0.277. The predicted molar refractivity (Wildman–Crippen MR) is 81.6 cm³/mol. The Labute approximate surface area is 120 Å². The standard InChI is InChI=1S/C17H20N2O/c1-19(17(18)20)13-12-16(14-8-4-2-5-9-14)15-10-6-3-7-11-15/h2-11,16H,12-13H2,1H3,(H2,18,20). The number of nitrogens with two attached hydrogens (primary N) is 1. The summed E-state index contributed by atoms with van der Waals surface area (Å²) in [5, 5.41) is 0. The van der Waals surface area contributed by atoms with Gasteiger partial charge in [-0.2, -0.15) is 0 Å². The molecule has 0 saturated heterocycles. The molecule has 104 valence electrons. The minimum atomic E-state index is -0.384. The molecule has 0 aliphatic heterocycles. The molecule has 2 aromatic rings. The van der Waals surface area contributed by atoms with Crippen LogP contribution in [0.3, 0.4) is 0 Å². The lowest BCUT2D eigenvalue weighted by molar-refractivity contribution is 0.217. The molecule has 0 bridgehead atoms. The number of carbonyl (C=O) groups excluding carboxylic acids is 1. The van der Waals surface area contributed by atoms with Gasteiger partial charge >= 0.3 is 6.03 Å². The molecule has 2 aromatic carbocycles. The number of primary amides is 1. The highest BCUT2D eigenvalue weighted by Crippen LogP contribution is 2.27. The molecule has 0 spiro atoms. The Morgan fingerprint density at radius 1 is 1.00 bits per heavy atom. The first-order valence-corrected chi connectivity index (χ1v) is 6.79. The van der Waals surface area contributed by atoms with Crippen LogP contribution in [0.5, 0.6) is 0 Å². The largest absolute Gasteiger partial charge is 0.351 e. The molecule has 2 rings (SSSR count). The normalized spacial score (nSPS) is 10.5. The summed E-state index contributed by atoms with van der Waals surface area (Å²) in [7, 11) is 1.73. The van der Waals surface area contributed by atoms with Gasteiger partial charge < -0.3 is 10.6 Å². The summed E-state index contributed by atoms with van der Waals surface area (Å²) < 4.78 is 0. The molecular weight excluding hydrogens is 248 g/mol. The average Bonchev–Trinajstić information content (AvgIpc) is 2.49. The number of benzene rings is 2. The van der Waals surface area contributed by atoms with Crippen molar-refractivity contribution in [2.75, 3.05) is 13.6 Å². The lowest BCUT2D eigenvalue weighted by atomic mass is 9.88. The molecule has 0 radical (unpaired) electrons. The zero-order chi connectivity index (χ0) is 14.4. The van der Waals surface area contributed by atoms with Gasteiger partial charge in [-0.25, -0.2) is 4.79 Å². The molecule has 0 atom stereocenters. The van der Waals surface area contributed by atoms with Crippen LogP contribution in [-0.4, -0.2) is 24.5 Å². The number of amides is 2. The summed E-state index contributed by atoms with van der Waals surface area (Å²) in [6.45, 7) is 0.643. The van der Waals surface area contributed by atoms with Gasteiger partial charge in [0.2, 0.25) is 0 Å². The Hall–Kier alpha value is -2.29. The van der Waals surface area contributed by atoms with Crippen LogP contribution in [0.2, 0.25) is 0 Å². The van der Waals surface area contributed by atoms with Crippen LogP contribution in [0, 0.1) is 0 Å². The van der Waals surface area contributed by atoms with Crippen molar-refractivity contribution in [3.05, 3.63) is 71.8 Å². The van der Waals surface area contributed by atoms with Crippen molar-refractivity contribution in [3.63, 3.8) is 0 Å². The first kappa shape index (κ1) is 14.1. The van der Waals surface area contributed by atoms with Crippen LogP contribution in [0.15, 0.2) is 60.7 Å². The highest BCUT2D eigenvalue weighted by atomic mass is 16.2. The second-order valence-electron chi connectivity index (χ2n) is 4.92. The molecule has 2 amide bonds. The number of carbonyl (C=O) groups is 1. The summed E-state index contributed by atoms with van der Waals surface area (Å²) in [5.41, 5.74) is 7.81. The van der Waals surface area contributed by atoms with Gasteiger partial charge in [0.25, 0.3) is 0 Å². The molecule has 0 heterocycles. The van der Waals surface area contributed by atoms with E-state index in [-0.39, 0.29) is 11.9 Å². The zero-order valence-electron chi connectivity index (χ0n) is 11.7. The van der Waals surface area contributed by atoms with Crippen LogP contribution in [0.25, 0.3) is 0 Å². The molecule has 0 aliphatic carbocycles. The van der Waals surface area contributed by atoms with Gasteiger partial charge in [0, 0.05) is 19.5 Å². The maximum Gasteiger partial charge on any atom is 0.314 e. The third-order valence-electron chi connectivity index (χ3n) is 3.53. The monoisotopic (exact) mass is 268 g/mol. The van der Waals surface area contributed by atoms with Crippen LogP contribution in [0.4, 0.5) is 4.79 Å². The number of hydrogen-bond acceptors (Lipinski definition) is 1. The summed E-state index contributed by atoms with van der Waals surface area (Å²) >= 11 is 0. The van der Waals surface area contributed by atoms with Crippen LogP contribution < -0.4 is 5.73 Å². The lowest BCUT2D eigenvalue weighted by Crippen LogP contribution is -2.33. The van der Waals surface area contributed by atoms with Crippen molar-refractivity contribution in [2.24, 2.45) is 5.73 Å². The van der Waals surface area contributed by atoms with Crippen molar-refractivity contribution in [2.45, 2.75) is 12.3 Å². The average molecular weight is 268 g/mol. The maximum atomic E-state index is 11.1. The van der Waals surface area contributed by atoms with E-state index >= 15 is 0 Å². The van der Waals surface area contributed by atoms with Crippen molar-refractivity contribution < 1.29 is 4.79 Å². The maximum absolute atomic E-state index is 11.1. The van der Waals surface area contributed by atoms with E-state index in [1.165, 1.54) is 11.1 Å². The second-order valence-corrected chi connectivity index (χ2v) is 4.92. The molecule has 0 aliphatic rings. The van der Waals surface area contributed by atoms with Gasteiger partial charge in [0.15, 0.2) is 0 Å². The first-order chi connectivity index (χ1) is 9.68. The molecule has 3 heteroatoms. The minimum Gasteiger partial charge on any atom is -0.351 e. The Morgan fingerprint density at radius 3 is 1.85 bits per heavy atom. The molecule has 0 unspecified atom stereocenters. The smallest absolute Gasteiger partial charge is 0.314 e. The Bertz CT molecular complexity index is 500. The van der Waals surface area contributed by atoms with Crippen molar-refractivity contribution in [3.8, 4) is 0 Å². The number of hydrogen-bond donors (Lipinski definition) is 1. The van der Waals surface area contributed by atoms with E-state index < -0.39 is 0 Å². The molecule has 2 N–H and O–H groups in total. The number of urea groups is 1.